The fourth-order valence-corrected chi connectivity index (χ4v) is 4.05. The van der Waals surface area contributed by atoms with Gasteiger partial charge in [0.25, 0.3) is 0 Å². The number of carbonyl (C=O) groups excluding carboxylic acids is 1. The molecule has 5 heteroatoms. The summed E-state index contributed by atoms with van der Waals surface area (Å²) in [5.41, 5.74) is 4.53. The topological polar surface area (TPSA) is 51.3 Å². The van der Waals surface area contributed by atoms with E-state index >= 15 is 0 Å². The van der Waals surface area contributed by atoms with Crippen molar-refractivity contribution in [2.45, 2.75) is 58.0 Å². The van der Waals surface area contributed by atoms with Crippen LogP contribution < -0.4 is 0 Å². The molecule has 1 atom stereocenters. The van der Waals surface area contributed by atoms with Crippen molar-refractivity contribution in [1.82, 2.24) is 14.7 Å². The lowest BCUT2D eigenvalue weighted by atomic mass is 9.93. The van der Waals surface area contributed by atoms with Crippen LogP contribution in [0.5, 0.6) is 0 Å². The number of aryl methyl sites for hydroxylation is 2. The van der Waals surface area contributed by atoms with Crippen LogP contribution in [0.1, 0.15) is 53.5 Å². The van der Waals surface area contributed by atoms with Gasteiger partial charge in [-0.05, 0) is 50.8 Å². The molecule has 1 saturated carbocycles. The molecular formula is C24H29N3O2. The minimum absolute atomic E-state index is 0.0391. The van der Waals surface area contributed by atoms with Crippen molar-refractivity contribution >= 4 is 5.91 Å². The van der Waals surface area contributed by atoms with Gasteiger partial charge in [0.1, 0.15) is 5.76 Å². The molecule has 2 aromatic heterocycles. The summed E-state index contributed by atoms with van der Waals surface area (Å²) in [6, 6.07) is 14.6. The molecule has 3 aromatic rings. The van der Waals surface area contributed by atoms with Crippen molar-refractivity contribution < 1.29 is 9.21 Å². The van der Waals surface area contributed by atoms with Crippen LogP contribution in [0.25, 0.3) is 0 Å². The monoisotopic (exact) mass is 391 g/mol. The molecule has 0 bridgehead atoms. The fourth-order valence-electron chi connectivity index (χ4n) is 4.05. The van der Waals surface area contributed by atoms with Crippen molar-refractivity contribution in [3.63, 3.8) is 0 Å². The van der Waals surface area contributed by atoms with E-state index in [-0.39, 0.29) is 11.8 Å². The summed E-state index contributed by atoms with van der Waals surface area (Å²) < 4.78 is 7.60. The maximum absolute atomic E-state index is 13.4. The van der Waals surface area contributed by atoms with E-state index in [0.29, 0.717) is 19.0 Å². The molecule has 1 unspecified atom stereocenters. The van der Waals surface area contributed by atoms with Gasteiger partial charge in [0, 0.05) is 43.2 Å². The van der Waals surface area contributed by atoms with Gasteiger partial charge in [0.05, 0.1) is 12.0 Å². The summed E-state index contributed by atoms with van der Waals surface area (Å²) in [5.74, 6) is 1.12. The van der Waals surface area contributed by atoms with E-state index in [1.807, 2.05) is 49.0 Å². The van der Waals surface area contributed by atoms with E-state index in [4.69, 9.17) is 4.42 Å². The minimum Gasteiger partial charge on any atom is -0.469 e. The van der Waals surface area contributed by atoms with Crippen LogP contribution in [-0.4, -0.2) is 26.6 Å². The average molecular weight is 392 g/mol. The molecule has 5 nitrogen and oxygen atoms in total. The summed E-state index contributed by atoms with van der Waals surface area (Å²) in [5, 5.41) is 4.52. The van der Waals surface area contributed by atoms with Crippen molar-refractivity contribution in [3.05, 3.63) is 77.0 Å². The number of furan rings is 1. The van der Waals surface area contributed by atoms with Gasteiger partial charge in [0.2, 0.25) is 5.91 Å². The number of amides is 1. The van der Waals surface area contributed by atoms with Gasteiger partial charge in [-0.1, -0.05) is 30.3 Å². The third kappa shape index (κ3) is 4.44. The van der Waals surface area contributed by atoms with Gasteiger partial charge in [-0.15, -0.1) is 0 Å². The Morgan fingerprint density at radius 1 is 1.21 bits per heavy atom. The van der Waals surface area contributed by atoms with E-state index in [9.17, 15) is 4.79 Å². The highest BCUT2D eigenvalue weighted by molar-refractivity contribution is 5.78. The largest absolute Gasteiger partial charge is 0.469 e. The average Bonchev–Trinajstić information content (AvgIpc) is 3.33. The van der Waals surface area contributed by atoms with Crippen LogP contribution in [0.4, 0.5) is 0 Å². The molecule has 1 amide bonds. The Labute approximate surface area is 172 Å². The molecule has 0 aliphatic heterocycles. The van der Waals surface area contributed by atoms with Crippen LogP contribution in [0, 0.1) is 13.8 Å². The Morgan fingerprint density at radius 3 is 2.55 bits per heavy atom. The number of hydrogen-bond acceptors (Lipinski definition) is 3. The number of nitrogens with zero attached hydrogens (tertiary/aromatic N) is 3. The zero-order chi connectivity index (χ0) is 20.4. The Morgan fingerprint density at radius 2 is 1.97 bits per heavy atom. The zero-order valence-corrected chi connectivity index (χ0v) is 17.5. The van der Waals surface area contributed by atoms with Crippen molar-refractivity contribution in [2.75, 3.05) is 0 Å². The molecular weight excluding hydrogens is 362 g/mol. The van der Waals surface area contributed by atoms with Crippen LogP contribution in [0.2, 0.25) is 0 Å². The highest BCUT2D eigenvalue weighted by Crippen LogP contribution is 2.33. The van der Waals surface area contributed by atoms with E-state index in [2.05, 4.69) is 29.1 Å². The lowest BCUT2D eigenvalue weighted by Crippen LogP contribution is -2.34. The lowest BCUT2D eigenvalue weighted by Gasteiger charge is -2.25. The molecule has 1 aromatic carbocycles. The normalized spacial score (nSPS) is 14.7. The first-order valence-electron chi connectivity index (χ1n) is 10.4. The second-order valence-corrected chi connectivity index (χ2v) is 8.13. The van der Waals surface area contributed by atoms with Gasteiger partial charge in [-0.2, -0.15) is 5.10 Å². The Kier molecular flexibility index (Phi) is 5.56. The zero-order valence-electron chi connectivity index (χ0n) is 17.5. The van der Waals surface area contributed by atoms with Crippen LogP contribution in [-0.2, 0) is 24.8 Å². The maximum Gasteiger partial charge on any atom is 0.223 e. The van der Waals surface area contributed by atoms with Gasteiger partial charge >= 0.3 is 0 Å². The van der Waals surface area contributed by atoms with Gasteiger partial charge in [-0.25, -0.2) is 0 Å². The summed E-state index contributed by atoms with van der Waals surface area (Å²) in [6.07, 6.45) is 5.13. The predicted octanol–water partition coefficient (Wildman–Crippen LogP) is 4.54. The maximum atomic E-state index is 13.4. The smallest absolute Gasteiger partial charge is 0.223 e. The highest BCUT2D eigenvalue weighted by Gasteiger charge is 2.35. The molecule has 29 heavy (non-hydrogen) atoms. The van der Waals surface area contributed by atoms with Crippen LogP contribution in [0.3, 0.4) is 0 Å². The Balaban J connectivity index is 1.53. The molecule has 152 valence electrons. The van der Waals surface area contributed by atoms with E-state index in [1.165, 1.54) is 11.1 Å². The first kappa shape index (κ1) is 19.5. The second kappa shape index (κ2) is 8.27. The molecule has 0 saturated heterocycles. The van der Waals surface area contributed by atoms with Gasteiger partial charge < -0.3 is 9.32 Å². The first-order valence-corrected chi connectivity index (χ1v) is 10.4. The predicted molar refractivity (Wildman–Crippen MR) is 112 cm³/mol. The second-order valence-electron chi connectivity index (χ2n) is 8.13. The fraction of sp³-hybridized carbons (Fsp3) is 0.417. The number of carbonyl (C=O) groups is 1. The van der Waals surface area contributed by atoms with E-state index in [0.717, 1.165) is 36.4 Å². The molecule has 2 heterocycles. The summed E-state index contributed by atoms with van der Waals surface area (Å²) in [6.45, 7) is 4.75. The molecule has 0 spiro atoms. The number of rotatable bonds is 8. The lowest BCUT2D eigenvalue weighted by molar-refractivity contribution is -0.133. The van der Waals surface area contributed by atoms with Crippen LogP contribution >= 0.6 is 0 Å². The summed E-state index contributed by atoms with van der Waals surface area (Å²) in [7, 11) is 1.96. The molecule has 1 aliphatic carbocycles. The van der Waals surface area contributed by atoms with Crippen molar-refractivity contribution in [2.24, 2.45) is 7.05 Å². The van der Waals surface area contributed by atoms with E-state index in [1.54, 1.807) is 6.26 Å². The van der Waals surface area contributed by atoms with E-state index < -0.39 is 0 Å². The minimum atomic E-state index is 0.0391. The van der Waals surface area contributed by atoms with Crippen molar-refractivity contribution in [3.8, 4) is 0 Å². The summed E-state index contributed by atoms with van der Waals surface area (Å²) >= 11 is 0. The number of aromatic nitrogens is 2. The first-order chi connectivity index (χ1) is 14.0. The van der Waals surface area contributed by atoms with Crippen LogP contribution in [0.15, 0.2) is 53.1 Å². The quantitative estimate of drug-likeness (QED) is 0.567. The third-order valence-electron chi connectivity index (χ3n) is 5.99. The SMILES string of the molecule is Cc1nn(C)c(C)c1CN(C(=O)CC(Cc1ccccc1)c1ccco1)C1CC1. The standard InChI is InChI=1S/C24H29N3O2/c1-17-22(18(2)26(3)25-17)16-27(21-11-12-21)24(28)15-20(23-10-7-13-29-23)14-19-8-5-4-6-9-19/h4-10,13,20-21H,11-12,14-16H2,1-3H3. The molecule has 0 radical (unpaired) electrons. The molecule has 1 aliphatic rings. The third-order valence-corrected chi connectivity index (χ3v) is 5.99. The Bertz CT molecular complexity index is 956. The number of benzene rings is 1. The molecule has 1 fully saturated rings. The van der Waals surface area contributed by atoms with Gasteiger partial charge in [0.15, 0.2) is 0 Å². The summed E-state index contributed by atoms with van der Waals surface area (Å²) in [4.78, 5) is 15.5. The molecule has 0 N–H and O–H groups in total. The Hall–Kier alpha value is -2.82. The molecule has 4 rings (SSSR count). The van der Waals surface area contributed by atoms with Crippen molar-refractivity contribution in [1.29, 1.82) is 0 Å². The number of hydrogen-bond donors (Lipinski definition) is 0. The highest BCUT2D eigenvalue weighted by atomic mass is 16.3. The van der Waals surface area contributed by atoms with Gasteiger partial charge in [-0.3, -0.25) is 9.48 Å².